The van der Waals surface area contributed by atoms with Gasteiger partial charge in [-0.2, -0.15) is 0 Å². The van der Waals surface area contributed by atoms with E-state index in [1.165, 1.54) is 0 Å². The monoisotopic (exact) mass is 389 g/mol. The number of hydrogen-bond acceptors (Lipinski definition) is 3. The third-order valence-electron chi connectivity index (χ3n) is 5.29. The van der Waals surface area contributed by atoms with E-state index >= 15 is 0 Å². The Hall–Kier alpha value is -3.59. The van der Waals surface area contributed by atoms with Crippen LogP contribution in [0.4, 0.5) is 0 Å². The Morgan fingerprint density at radius 3 is 2.55 bits per heavy atom. The molecular formula is C23H23N3O3. The van der Waals surface area contributed by atoms with Gasteiger partial charge in [0.05, 0.1) is 17.8 Å². The lowest BCUT2D eigenvalue weighted by molar-refractivity contribution is -0.116. The molecular weight excluding hydrogens is 366 g/mol. The first kappa shape index (κ1) is 20.2. The first-order valence-electron chi connectivity index (χ1n) is 9.25. The Morgan fingerprint density at radius 1 is 1.14 bits per heavy atom. The number of nitrogens with zero attached hydrogens (tertiary/aromatic N) is 2. The summed E-state index contributed by atoms with van der Waals surface area (Å²) in [5, 5.41) is 3.45. The second-order valence-electron chi connectivity index (χ2n) is 7.13. The summed E-state index contributed by atoms with van der Waals surface area (Å²) in [7, 11) is 3.70. The minimum absolute atomic E-state index is 0.0246. The zero-order valence-corrected chi connectivity index (χ0v) is 17.0. The van der Waals surface area contributed by atoms with Crippen LogP contribution in [-0.4, -0.2) is 33.2 Å². The predicted molar refractivity (Wildman–Crippen MR) is 112 cm³/mol. The van der Waals surface area contributed by atoms with Gasteiger partial charge < -0.3 is 14.5 Å². The summed E-state index contributed by atoms with van der Waals surface area (Å²) in [5.74, 6) is 0.706. The average molecular weight is 389 g/mol. The molecule has 2 heterocycles. The van der Waals surface area contributed by atoms with Gasteiger partial charge in [-0.15, -0.1) is 6.42 Å². The van der Waals surface area contributed by atoms with Crippen LogP contribution in [0.25, 0.3) is 10.9 Å². The van der Waals surface area contributed by atoms with E-state index in [4.69, 9.17) is 6.42 Å². The zero-order chi connectivity index (χ0) is 21.3. The average Bonchev–Trinajstić information content (AvgIpc) is 3.16. The van der Waals surface area contributed by atoms with Crippen LogP contribution in [0.2, 0.25) is 0 Å². The molecule has 1 N–H and O–H groups in total. The molecule has 6 heteroatoms. The number of terminal acetylenes is 1. The van der Waals surface area contributed by atoms with Crippen molar-refractivity contribution in [3.05, 3.63) is 58.5 Å². The van der Waals surface area contributed by atoms with Gasteiger partial charge in [0, 0.05) is 37.9 Å². The van der Waals surface area contributed by atoms with E-state index in [-0.39, 0.29) is 24.3 Å². The molecule has 0 aliphatic carbocycles. The number of carbonyl (C=O) groups excluding carboxylic acids is 3. The molecule has 2 aromatic heterocycles. The summed E-state index contributed by atoms with van der Waals surface area (Å²) in [4.78, 5) is 37.7. The van der Waals surface area contributed by atoms with Crippen molar-refractivity contribution in [2.45, 2.75) is 20.3 Å². The number of rotatable bonds is 6. The van der Waals surface area contributed by atoms with E-state index in [1.807, 2.05) is 42.1 Å². The predicted octanol–water partition coefficient (Wildman–Crippen LogP) is 2.49. The van der Waals surface area contributed by atoms with E-state index in [0.29, 0.717) is 17.0 Å². The van der Waals surface area contributed by atoms with Crippen LogP contribution in [0.15, 0.2) is 30.5 Å². The Kier molecular flexibility index (Phi) is 5.42. The minimum atomic E-state index is -0.770. The van der Waals surface area contributed by atoms with Gasteiger partial charge in [-0.05, 0) is 48.6 Å². The smallest absolute Gasteiger partial charge is 0.293 e. The van der Waals surface area contributed by atoms with Crippen molar-refractivity contribution in [3.63, 3.8) is 0 Å². The first-order chi connectivity index (χ1) is 13.8. The quantitative estimate of drug-likeness (QED) is 0.400. The molecule has 3 aromatic rings. The summed E-state index contributed by atoms with van der Waals surface area (Å²) in [6, 6.07) is 7.93. The van der Waals surface area contributed by atoms with Crippen molar-refractivity contribution in [2.75, 3.05) is 6.54 Å². The van der Waals surface area contributed by atoms with Gasteiger partial charge in [0.1, 0.15) is 0 Å². The number of aromatic nitrogens is 2. The molecule has 1 amide bonds. The highest BCUT2D eigenvalue weighted by Gasteiger charge is 2.28. The highest BCUT2D eigenvalue weighted by molar-refractivity contribution is 6.43. The highest BCUT2D eigenvalue weighted by Crippen LogP contribution is 2.24. The third kappa shape index (κ3) is 3.59. The molecule has 0 aliphatic rings. The lowest BCUT2D eigenvalue weighted by Crippen LogP contribution is -2.31. The molecule has 1 aromatic carbocycles. The van der Waals surface area contributed by atoms with Crippen LogP contribution in [-0.2, 0) is 25.3 Å². The lowest BCUT2D eigenvalue weighted by atomic mass is 10.0. The van der Waals surface area contributed by atoms with E-state index < -0.39 is 11.7 Å². The van der Waals surface area contributed by atoms with Crippen LogP contribution < -0.4 is 5.32 Å². The second kappa shape index (κ2) is 7.80. The molecule has 0 unspecified atom stereocenters. The zero-order valence-electron chi connectivity index (χ0n) is 17.0. The third-order valence-corrected chi connectivity index (χ3v) is 5.29. The number of benzene rings is 1. The van der Waals surface area contributed by atoms with Crippen molar-refractivity contribution < 1.29 is 14.4 Å². The standard InChI is InChI=1S/C23H23N3O3/c1-6-10-24-23(29)22(28)20-14(2)21(26(5)15(20)3)19(27)13-16-7-8-18-17(12-16)9-11-25(18)4/h1,7-9,11-12H,10,13H2,2-5H3,(H,24,29). The molecule has 0 aliphatic heterocycles. The largest absolute Gasteiger partial charge is 0.351 e. The van der Waals surface area contributed by atoms with Gasteiger partial charge in [0.2, 0.25) is 0 Å². The van der Waals surface area contributed by atoms with Crippen LogP contribution in [0, 0.1) is 26.2 Å². The summed E-state index contributed by atoms with van der Waals surface area (Å²) in [6.07, 6.45) is 7.31. The van der Waals surface area contributed by atoms with Crippen molar-refractivity contribution in [1.29, 1.82) is 0 Å². The minimum Gasteiger partial charge on any atom is -0.351 e. The fourth-order valence-electron chi connectivity index (χ4n) is 3.74. The SMILES string of the molecule is C#CCNC(=O)C(=O)c1c(C)c(C(=O)Cc2ccc3c(ccn3C)c2)n(C)c1C. The molecule has 148 valence electrons. The van der Waals surface area contributed by atoms with Crippen LogP contribution in [0.1, 0.15) is 37.7 Å². The second-order valence-corrected chi connectivity index (χ2v) is 7.13. The number of aryl methyl sites for hydroxylation is 1. The van der Waals surface area contributed by atoms with E-state index in [1.54, 1.807) is 25.5 Å². The molecule has 0 saturated carbocycles. The summed E-state index contributed by atoms with van der Waals surface area (Å²) in [6.45, 7) is 3.40. The van der Waals surface area contributed by atoms with Gasteiger partial charge in [0.15, 0.2) is 5.78 Å². The summed E-state index contributed by atoms with van der Waals surface area (Å²) >= 11 is 0. The number of Topliss-reactive ketones (excluding diaryl/α,β-unsaturated/α-hetero) is 2. The summed E-state index contributed by atoms with van der Waals surface area (Å²) < 4.78 is 3.70. The maximum atomic E-state index is 13.1. The Labute approximate surface area is 169 Å². The highest BCUT2D eigenvalue weighted by atomic mass is 16.2. The molecule has 0 saturated heterocycles. The van der Waals surface area contributed by atoms with Crippen LogP contribution in [0.5, 0.6) is 0 Å². The molecule has 0 fully saturated rings. The Morgan fingerprint density at radius 2 is 1.86 bits per heavy atom. The van der Waals surface area contributed by atoms with Crippen molar-refractivity contribution >= 4 is 28.4 Å². The lowest BCUT2D eigenvalue weighted by Gasteiger charge is -2.06. The number of amides is 1. The summed E-state index contributed by atoms with van der Waals surface area (Å²) in [5.41, 5.74) is 3.76. The van der Waals surface area contributed by atoms with Gasteiger partial charge in [-0.1, -0.05) is 12.0 Å². The van der Waals surface area contributed by atoms with Crippen molar-refractivity contribution in [3.8, 4) is 12.3 Å². The van der Waals surface area contributed by atoms with Crippen molar-refractivity contribution in [1.82, 2.24) is 14.5 Å². The topological polar surface area (TPSA) is 73.1 Å². The van der Waals surface area contributed by atoms with Gasteiger partial charge >= 0.3 is 0 Å². The van der Waals surface area contributed by atoms with E-state index in [9.17, 15) is 14.4 Å². The molecule has 6 nitrogen and oxygen atoms in total. The number of carbonyl (C=O) groups is 3. The van der Waals surface area contributed by atoms with Gasteiger partial charge in [0.25, 0.3) is 11.7 Å². The number of fused-ring (bicyclic) bond motifs is 1. The number of ketones is 2. The molecule has 29 heavy (non-hydrogen) atoms. The van der Waals surface area contributed by atoms with Crippen LogP contribution >= 0.6 is 0 Å². The van der Waals surface area contributed by atoms with Gasteiger partial charge in [-0.3, -0.25) is 14.4 Å². The molecule has 0 radical (unpaired) electrons. The van der Waals surface area contributed by atoms with E-state index in [2.05, 4.69) is 11.2 Å². The Balaban J connectivity index is 1.91. The normalized spacial score (nSPS) is 10.7. The number of nitrogens with one attached hydrogen (secondary N) is 1. The fourth-order valence-corrected chi connectivity index (χ4v) is 3.74. The molecule has 0 spiro atoms. The number of hydrogen-bond donors (Lipinski definition) is 1. The Bertz CT molecular complexity index is 1190. The fraction of sp³-hybridized carbons (Fsp3) is 0.261. The molecule has 0 atom stereocenters. The molecule has 3 rings (SSSR count). The first-order valence-corrected chi connectivity index (χ1v) is 9.25. The van der Waals surface area contributed by atoms with Crippen molar-refractivity contribution in [2.24, 2.45) is 14.1 Å². The maximum Gasteiger partial charge on any atom is 0.293 e. The van der Waals surface area contributed by atoms with Crippen LogP contribution in [0.3, 0.4) is 0 Å². The van der Waals surface area contributed by atoms with Gasteiger partial charge in [-0.25, -0.2) is 0 Å². The van der Waals surface area contributed by atoms with E-state index in [0.717, 1.165) is 16.5 Å². The maximum absolute atomic E-state index is 13.1. The molecule has 0 bridgehead atoms.